The summed E-state index contributed by atoms with van der Waals surface area (Å²) in [5, 5.41) is 26.1. The lowest BCUT2D eigenvalue weighted by molar-refractivity contribution is -0.134. The van der Waals surface area contributed by atoms with Crippen LogP contribution in [0.2, 0.25) is 0 Å². The Bertz CT molecular complexity index is 1660. The topological polar surface area (TPSA) is 165 Å². The van der Waals surface area contributed by atoms with E-state index in [2.05, 4.69) is 17.2 Å². The molecule has 1 amide bonds. The summed E-state index contributed by atoms with van der Waals surface area (Å²) in [6, 6.07) is 11.9. The van der Waals surface area contributed by atoms with Crippen molar-refractivity contribution < 1.29 is 42.1 Å². The van der Waals surface area contributed by atoms with E-state index in [0.29, 0.717) is 36.5 Å². The number of benzene rings is 2. The number of hydrogen-bond acceptors (Lipinski definition) is 10. The normalized spacial score (nSPS) is 12.7. The number of ether oxygens (including phenoxy) is 3. The first kappa shape index (κ1) is 50.4. The summed E-state index contributed by atoms with van der Waals surface area (Å²) >= 11 is 0. The van der Waals surface area contributed by atoms with Crippen LogP contribution in [0.3, 0.4) is 0 Å². The third-order valence-electron chi connectivity index (χ3n) is 8.48. The van der Waals surface area contributed by atoms with Crippen LogP contribution in [-0.4, -0.2) is 87.2 Å². The third-order valence-corrected chi connectivity index (χ3v) is 10.3. The number of alkyl halides is 1. The number of hydroxylamine groups is 1. The number of halogens is 1. The Morgan fingerprint density at radius 1 is 0.964 bits per heavy atom. The van der Waals surface area contributed by atoms with Crippen molar-refractivity contribution in [2.24, 2.45) is 5.92 Å². The van der Waals surface area contributed by atoms with E-state index >= 15 is 0 Å². The number of nitrogens with one attached hydrogen (secondary N) is 1. The van der Waals surface area contributed by atoms with Crippen LogP contribution in [0.1, 0.15) is 113 Å². The number of aromatic nitrogens is 3. The van der Waals surface area contributed by atoms with E-state index in [0.717, 1.165) is 29.4 Å². The van der Waals surface area contributed by atoms with E-state index in [9.17, 15) is 22.8 Å². The van der Waals surface area contributed by atoms with Crippen LogP contribution in [0, 0.1) is 5.92 Å². The molecular weight excluding hydrogens is 742 g/mol. The summed E-state index contributed by atoms with van der Waals surface area (Å²) < 4.78 is 60.6. The van der Waals surface area contributed by atoms with Gasteiger partial charge in [-0.1, -0.05) is 58.4 Å². The molecule has 2 aromatic carbocycles. The standard InChI is InChI=1S/C34H51N5O7S.C5H11FO.C2H6/c1-9-10-20-38-24-27(35-37-38)22-34(6,7)45-21-19-33(4,5)46-29-13-11-26(12-14-29)23-39(31(25(2)3)32(40)36-41)47(42,43)30-17-15-28(44-8)16-18-30;1-5(2,6)3-4-7;1-2/h11-18,24-25,31,41H,9-10,19-23H2,1-8H3,(H,36,40);7H,3-4H2,1-2H3;1-2H3/t31-;;/m1../s1. The van der Waals surface area contributed by atoms with Gasteiger partial charge in [0.25, 0.3) is 5.91 Å². The lowest BCUT2D eigenvalue weighted by Crippen LogP contribution is -2.51. The van der Waals surface area contributed by atoms with Crippen LogP contribution in [0.4, 0.5) is 4.39 Å². The molecule has 0 radical (unpaired) electrons. The van der Waals surface area contributed by atoms with Crippen LogP contribution in [0.5, 0.6) is 11.5 Å². The highest BCUT2D eigenvalue weighted by atomic mass is 32.2. The minimum Gasteiger partial charge on any atom is -0.497 e. The second-order valence-corrected chi connectivity index (χ2v) is 17.3. The van der Waals surface area contributed by atoms with Crippen LogP contribution in [0.15, 0.2) is 59.6 Å². The lowest BCUT2D eigenvalue weighted by Gasteiger charge is -2.32. The molecule has 318 valence electrons. The molecule has 1 aromatic heterocycles. The zero-order chi connectivity index (χ0) is 42.7. The van der Waals surface area contributed by atoms with Gasteiger partial charge in [-0.3, -0.25) is 14.7 Å². The predicted octanol–water partition coefficient (Wildman–Crippen LogP) is 7.54. The summed E-state index contributed by atoms with van der Waals surface area (Å²) in [5.74, 6) is -0.145. The lowest BCUT2D eigenvalue weighted by atomic mass is 10.0. The number of amides is 1. The van der Waals surface area contributed by atoms with Gasteiger partial charge in [0.15, 0.2) is 0 Å². The number of unbranched alkanes of at least 4 members (excludes halogenated alkanes) is 1. The monoisotopic (exact) mass is 809 g/mol. The zero-order valence-corrected chi connectivity index (χ0v) is 36.5. The SMILES string of the molecule is CC.CC(C)(F)CCO.CCCCn1cc(CC(C)(C)OCCC(C)(C)Oc2ccc(CN([C@@H](C(=O)NO)C(C)C)S(=O)(=O)c3ccc(OC)cc3)cc2)nn1. The first-order valence-corrected chi connectivity index (χ1v) is 20.8. The first-order chi connectivity index (χ1) is 26.2. The number of carbonyl (C=O) groups is 1. The smallest absolute Gasteiger partial charge is 0.262 e. The fraction of sp³-hybridized carbons (Fsp3) is 0.634. The predicted molar refractivity (Wildman–Crippen MR) is 217 cm³/mol. The van der Waals surface area contributed by atoms with E-state index in [4.69, 9.17) is 19.3 Å². The molecule has 1 atom stereocenters. The van der Waals surface area contributed by atoms with Gasteiger partial charge in [0.1, 0.15) is 28.8 Å². The number of aliphatic hydroxyl groups excluding tert-OH is 1. The third kappa shape index (κ3) is 17.7. The Morgan fingerprint density at radius 3 is 2.04 bits per heavy atom. The molecule has 0 spiro atoms. The quantitative estimate of drug-likeness (QED) is 0.0724. The van der Waals surface area contributed by atoms with Gasteiger partial charge < -0.3 is 19.3 Å². The molecule has 15 heteroatoms. The molecule has 0 aliphatic heterocycles. The van der Waals surface area contributed by atoms with E-state index < -0.39 is 44.8 Å². The van der Waals surface area contributed by atoms with Gasteiger partial charge in [0, 0.05) is 45.2 Å². The highest BCUT2D eigenvalue weighted by Crippen LogP contribution is 2.28. The molecule has 0 aliphatic rings. The number of methoxy groups -OCH3 is 1. The summed E-state index contributed by atoms with van der Waals surface area (Å²) in [7, 11) is -2.66. The number of sulfonamides is 1. The Balaban J connectivity index is 0.00000156. The molecular formula is C41H68FN5O8S. The van der Waals surface area contributed by atoms with Gasteiger partial charge in [0.05, 0.1) is 29.9 Å². The van der Waals surface area contributed by atoms with Crippen molar-refractivity contribution in [3.8, 4) is 11.5 Å². The molecule has 13 nitrogen and oxygen atoms in total. The van der Waals surface area contributed by atoms with E-state index in [-0.39, 0.29) is 24.5 Å². The van der Waals surface area contributed by atoms with E-state index in [1.807, 2.05) is 52.4 Å². The maximum absolute atomic E-state index is 13.8. The van der Waals surface area contributed by atoms with Crippen molar-refractivity contribution in [1.29, 1.82) is 0 Å². The summed E-state index contributed by atoms with van der Waals surface area (Å²) in [6.07, 6.45) is 5.65. The van der Waals surface area contributed by atoms with Crippen molar-refractivity contribution in [1.82, 2.24) is 24.8 Å². The molecule has 0 unspecified atom stereocenters. The van der Waals surface area contributed by atoms with Gasteiger partial charge in [-0.15, -0.1) is 5.10 Å². The molecule has 0 fully saturated rings. The minimum absolute atomic E-state index is 0.0000904. The van der Waals surface area contributed by atoms with Crippen molar-refractivity contribution in [2.45, 2.75) is 149 Å². The molecule has 1 heterocycles. The average molecular weight is 810 g/mol. The Labute approximate surface area is 334 Å². The number of rotatable bonds is 21. The fourth-order valence-electron chi connectivity index (χ4n) is 5.44. The van der Waals surface area contributed by atoms with Gasteiger partial charge in [-0.05, 0) is 95.8 Å². The molecule has 3 aromatic rings. The van der Waals surface area contributed by atoms with Crippen LogP contribution in [-0.2, 0) is 39.1 Å². The van der Waals surface area contributed by atoms with Crippen molar-refractivity contribution >= 4 is 15.9 Å². The van der Waals surface area contributed by atoms with E-state index in [1.54, 1.807) is 55.7 Å². The molecule has 56 heavy (non-hydrogen) atoms. The molecule has 0 saturated heterocycles. The average Bonchev–Trinajstić information content (AvgIpc) is 3.57. The van der Waals surface area contributed by atoms with E-state index in [1.165, 1.54) is 33.1 Å². The second-order valence-electron chi connectivity index (χ2n) is 15.5. The summed E-state index contributed by atoms with van der Waals surface area (Å²) in [6.45, 7) is 21.7. The van der Waals surface area contributed by atoms with Crippen molar-refractivity contribution in [2.75, 3.05) is 20.3 Å². The number of nitrogens with zero attached hydrogens (tertiary/aromatic N) is 4. The highest BCUT2D eigenvalue weighted by molar-refractivity contribution is 7.89. The number of hydrogen-bond donors (Lipinski definition) is 3. The number of carbonyl (C=O) groups excluding carboxylic acids is 1. The molecule has 0 aliphatic carbocycles. The minimum atomic E-state index is -4.16. The molecule has 3 N–H and O–H groups in total. The van der Waals surface area contributed by atoms with Crippen LogP contribution in [0.25, 0.3) is 0 Å². The van der Waals surface area contributed by atoms with Crippen LogP contribution >= 0.6 is 0 Å². The van der Waals surface area contributed by atoms with Crippen molar-refractivity contribution in [3.63, 3.8) is 0 Å². The Kier molecular flexibility index (Phi) is 21.2. The summed E-state index contributed by atoms with van der Waals surface area (Å²) in [5.41, 5.74) is 0.992. The number of aryl methyl sites for hydroxylation is 1. The fourth-order valence-corrected chi connectivity index (χ4v) is 7.14. The largest absolute Gasteiger partial charge is 0.497 e. The van der Waals surface area contributed by atoms with Crippen molar-refractivity contribution in [3.05, 3.63) is 66.0 Å². The van der Waals surface area contributed by atoms with Gasteiger partial charge in [-0.25, -0.2) is 18.3 Å². The maximum atomic E-state index is 13.8. The summed E-state index contributed by atoms with van der Waals surface area (Å²) in [4.78, 5) is 12.7. The molecule has 0 bridgehead atoms. The second kappa shape index (κ2) is 23.6. The maximum Gasteiger partial charge on any atom is 0.262 e. The van der Waals surface area contributed by atoms with Gasteiger partial charge >= 0.3 is 0 Å². The van der Waals surface area contributed by atoms with Gasteiger partial charge in [0.2, 0.25) is 10.0 Å². The highest BCUT2D eigenvalue weighted by Gasteiger charge is 2.38. The molecule has 0 saturated carbocycles. The van der Waals surface area contributed by atoms with Crippen LogP contribution < -0.4 is 15.0 Å². The zero-order valence-electron chi connectivity index (χ0n) is 35.6. The number of aliphatic hydroxyl groups is 1. The Hall–Kier alpha value is -3.63. The Morgan fingerprint density at radius 2 is 1.55 bits per heavy atom. The van der Waals surface area contributed by atoms with Gasteiger partial charge in [-0.2, -0.15) is 4.31 Å². The first-order valence-electron chi connectivity index (χ1n) is 19.4. The molecule has 3 rings (SSSR count).